The van der Waals surface area contributed by atoms with Crippen LogP contribution in [-0.4, -0.2) is 40.2 Å². The van der Waals surface area contributed by atoms with Gasteiger partial charge in [0.1, 0.15) is 6.54 Å². The highest BCUT2D eigenvalue weighted by Crippen LogP contribution is 2.36. The van der Waals surface area contributed by atoms with E-state index in [1.165, 1.54) is 0 Å². The molecule has 0 spiro atoms. The fraction of sp³-hybridized carbons (Fsp3) is 0.381. The lowest BCUT2D eigenvalue weighted by atomic mass is 10.2. The molecule has 1 amide bonds. The summed E-state index contributed by atoms with van der Waals surface area (Å²) in [6.07, 6.45) is -1.57. The van der Waals surface area contributed by atoms with Gasteiger partial charge in [0, 0.05) is 25.3 Å². The molecule has 11 heteroatoms. The van der Waals surface area contributed by atoms with Gasteiger partial charge >= 0.3 is 6.18 Å². The summed E-state index contributed by atoms with van der Waals surface area (Å²) in [5.41, 5.74) is 0.433. The van der Waals surface area contributed by atoms with Crippen molar-refractivity contribution in [3.05, 3.63) is 58.6 Å². The molecule has 0 unspecified atom stereocenters. The molecule has 174 valence electrons. The third kappa shape index (κ3) is 6.07. The van der Waals surface area contributed by atoms with Gasteiger partial charge in [-0.2, -0.15) is 13.2 Å². The van der Waals surface area contributed by atoms with Crippen LogP contribution in [0, 0.1) is 0 Å². The van der Waals surface area contributed by atoms with Gasteiger partial charge in [-0.15, -0.1) is 0 Å². The molecule has 0 atom stereocenters. The number of halogens is 4. The largest absolute Gasteiger partial charge is 0.416 e. The first-order chi connectivity index (χ1) is 14.9. The highest BCUT2D eigenvalue weighted by Gasteiger charge is 2.33. The van der Waals surface area contributed by atoms with Crippen LogP contribution in [-0.2, 0) is 27.5 Å². The van der Waals surface area contributed by atoms with Crippen molar-refractivity contribution in [2.45, 2.75) is 25.6 Å². The van der Waals surface area contributed by atoms with E-state index in [1.54, 1.807) is 0 Å². The Balaban J connectivity index is 1.70. The summed E-state index contributed by atoms with van der Waals surface area (Å²) < 4.78 is 64.2. The summed E-state index contributed by atoms with van der Waals surface area (Å²) in [5, 5.41) is 2.39. The standard InChI is InChI=1S/C21H23ClF3N3O3S/c1-32(30,31)28(19-12-16(21(23,24)25)6-9-18(19)22)14-20(29)26-13-15-4-7-17(8-5-15)27-10-2-3-11-27/h4-9,12H,2-3,10-11,13-14H2,1H3,(H,26,29). The highest BCUT2D eigenvalue weighted by molar-refractivity contribution is 7.92. The number of benzene rings is 2. The monoisotopic (exact) mass is 489 g/mol. The van der Waals surface area contributed by atoms with E-state index in [2.05, 4.69) is 10.2 Å². The van der Waals surface area contributed by atoms with Crippen LogP contribution in [0.5, 0.6) is 0 Å². The molecule has 2 aromatic rings. The molecule has 3 rings (SSSR count). The highest BCUT2D eigenvalue weighted by atomic mass is 35.5. The van der Waals surface area contributed by atoms with E-state index in [4.69, 9.17) is 11.6 Å². The van der Waals surface area contributed by atoms with Gasteiger partial charge in [0.25, 0.3) is 0 Å². The molecule has 0 bridgehead atoms. The molecule has 1 fully saturated rings. The van der Waals surface area contributed by atoms with Crippen LogP contribution >= 0.6 is 11.6 Å². The zero-order chi connectivity index (χ0) is 23.5. The molecule has 0 aliphatic carbocycles. The van der Waals surface area contributed by atoms with E-state index in [9.17, 15) is 26.4 Å². The second-order valence-corrected chi connectivity index (χ2v) is 9.88. The summed E-state index contributed by atoms with van der Waals surface area (Å²) >= 11 is 5.96. The summed E-state index contributed by atoms with van der Waals surface area (Å²) in [6, 6.07) is 9.97. The molecular formula is C21H23ClF3N3O3S. The van der Waals surface area contributed by atoms with Gasteiger partial charge in [-0.25, -0.2) is 8.42 Å². The zero-order valence-corrected chi connectivity index (χ0v) is 18.9. The Hall–Kier alpha value is -2.46. The Morgan fingerprint density at radius 1 is 1.12 bits per heavy atom. The molecule has 1 aliphatic heterocycles. The van der Waals surface area contributed by atoms with Gasteiger partial charge in [-0.3, -0.25) is 9.10 Å². The molecule has 0 aromatic heterocycles. The van der Waals surface area contributed by atoms with Crippen molar-refractivity contribution in [2.75, 3.05) is 35.1 Å². The third-order valence-corrected chi connectivity index (χ3v) is 6.57. The number of rotatable bonds is 7. The lowest BCUT2D eigenvalue weighted by Gasteiger charge is -2.24. The number of sulfonamides is 1. The molecule has 2 aromatic carbocycles. The van der Waals surface area contributed by atoms with E-state index in [0.717, 1.165) is 55.6 Å². The lowest BCUT2D eigenvalue weighted by molar-refractivity contribution is -0.137. The SMILES string of the molecule is CS(=O)(=O)N(CC(=O)NCc1ccc(N2CCCC2)cc1)c1cc(C(F)(F)F)ccc1Cl. The van der Waals surface area contributed by atoms with E-state index < -0.39 is 39.9 Å². The molecule has 1 N–H and O–H groups in total. The maximum Gasteiger partial charge on any atom is 0.416 e. The molecule has 0 saturated carbocycles. The van der Waals surface area contributed by atoms with Crippen LogP contribution in [0.2, 0.25) is 5.02 Å². The van der Waals surface area contributed by atoms with Crippen molar-refractivity contribution < 1.29 is 26.4 Å². The van der Waals surface area contributed by atoms with Crippen LogP contribution in [0.25, 0.3) is 0 Å². The van der Waals surface area contributed by atoms with E-state index >= 15 is 0 Å². The first kappa shape index (κ1) is 24.2. The Morgan fingerprint density at radius 2 is 1.75 bits per heavy atom. The number of nitrogens with one attached hydrogen (secondary N) is 1. The third-order valence-electron chi connectivity index (χ3n) is 5.13. The summed E-state index contributed by atoms with van der Waals surface area (Å²) in [6.45, 7) is 1.46. The molecule has 1 aliphatic rings. The Kier molecular flexibility index (Phi) is 7.24. The zero-order valence-electron chi connectivity index (χ0n) is 17.3. The fourth-order valence-electron chi connectivity index (χ4n) is 3.45. The summed E-state index contributed by atoms with van der Waals surface area (Å²) in [4.78, 5) is 14.7. The van der Waals surface area contributed by atoms with Crippen LogP contribution in [0.3, 0.4) is 0 Å². The van der Waals surface area contributed by atoms with Crippen molar-refractivity contribution in [1.29, 1.82) is 0 Å². The molecule has 1 heterocycles. The van der Waals surface area contributed by atoms with Crippen molar-refractivity contribution in [3.8, 4) is 0 Å². The fourth-order valence-corrected chi connectivity index (χ4v) is 4.58. The van der Waals surface area contributed by atoms with Gasteiger partial charge < -0.3 is 10.2 Å². The summed E-state index contributed by atoms with van der Waals surface area (Å²) in [5.74, 6) is -0.674. The quantitative estimate of drug-likeness (QED) is 0.637. The molecule has 32 heavy (non-hydrogen) atoms. The Labute approximate surface area is 190 Å². The number of hydrogen-bond acceptors (Lipinski definition) is 4. The topological polar surface area (TPSA) is 69.7 Å². The number of carbonyl (C=O) groups excluding carboxylic acids is 1. The second kappa shape index (κ2) is 9.58. The number of alkyl halides is 3. The number of carbonyl (C=O) groups is 1. The molecular weight excluding hydrogens is 467 g/mol. The number of amides is 1. The van der Waals surface area contributed by atoms with E-state index in [0.29, 0.717) is 10.4 Å². The van der Waals surface area contributed by atoms with Gasteiger partial charge in [-0.05, 0) is 48.7 Å². The van der Waals surface area contributed by atoms with E-state index in [1.807, 2.05) is 24.3 Å². The maximum absolute atomic E-state index is 13.1. The minimum atomic E-state index is -4.69. The van der Waals surface area contributed by atoms with Crippen LogP contribution in [0.15, 0.2) is 42.5 Å². The van der Waals surface area contributed by atoms with E-state index in [-0.39, 0.29) is 11.6 Å². The number of hydrogen-bond donors (Lipinski definition) is 1. The van der Waals surface area contributed by atoms with Crippen molar-refractivity contribution in [1.82, 2.24) is 5.32 Å². The second-order valence-electron chi connectivity index (χ2n) is 7.57. The first-order valence-corrected chi connectivity index (χ1v) is 12.1. The van der Waals surface area contributed by atoms with Gasteiger partial charge in [0.05, 0.1) is 22.5 Å². The minimum absolute atomic E-state index is 0.146. The summed E-state index contributed by atoms with van der Waals surface area (Å²) in [7, 11) is -4.08. The Bertz CT molecular complexity index is 1070. The average molecular weight is 490 g/mol. The normalized spacial score (nSPS) is 14.5. The Morgan fingerprint density at radius 3 is 2.31 bits per heavy atom. The average Bonchev–Trinajstić information content (AvgIpc) is 3.25. The van der Waals surface area contributed by atoms with Gasteiger partial charge in [-0.1, -0.05) is 23.7 Å². The van der Waals surface area contributed by atoms with Crippen LogP contribution < -0.4 is 14.5 Å². The lowest BCUT2D eigenvalue weighted by Crippen LogP contribution is -2.40. The van der Waals surface area contributed by atoms with Crippen molar-refractivity contribution >= 4 is 38.9 Å². The minimum Gasteiger partial charge on any atom is -0.372 e. The van der Waals surface area contributed by atoms with Crippen molar-refractivity contribution in [2.24, 2.45) is 0 Å². The van der Waals surface area contributed by atoms with Crippen LogP contribution in [0.4, 0.5) is 24.5 Å². The predicted octanol–water partition coefficient (Wildman–Crippen LogP) is 4.04. The van der Waals surface area contributed by atoms with Gasteiger partial charge in [0.15, 0.2) is 0 Å². The first-order valence-electron chi connectivity index (χ1n) is 9.90. The number of anilines is 2. The number of nitrogens with zero attached hydrogens (tertiary/aromatic N) is 2. The predicted molar refractivity (Wildman–Crippen MR) is 118 cm³/mol. The maximum atomic E-state index is 13.1. The molecule has 6 nitrogen and oxygen atoms in total. The smallest absolute Gasteiger partial charge is 0.372 e. The van der Waals surface area contributed by atoms with Crippen LogP contribution in [0.1, 0.15) is 24.0 Å². The molecule has 1 saturated heterocycles. The van der Waals surface area contributed by atoms with Gasteiger partial charge in [0.2, 0.25) is 15.9 Å². The van der Waals surface area contributed by atoms with Crippen molar-refractivity contribution in [3.63, 3.8) is 0 Å². The molecule has 0 radical (unpaired) electrons.